The Labute approximate surface area is 173 Å². The average molecular weight is 419 g/mol. The van der Waals surface area contributed by atoms with Gasteiger partial charge in [-0.2, -0.15) is 5.10 Å². The van der Waals surface area contributed by atoms with Crippen LogP contribution in [-0.4, -0.2) is 33.7 Å². The summed E-state index contributed by atoms with van der Waals surface area (Å²) in [4.78, 5) is 23.6. The number of carbonyl (C=O) groups is 1. The molecule has 2 heterocycles. The number of esters is 1. The molecule has 0 bridgehead atoms. The van der Waals surface area contributed by atoms with Crippen LogP contribution in [0.25, 0.3) is 0 Å². The van der Waals surface area contributed by atoms with Crippen LogP contribution in [-0.2, 0) is 23.0 Å². The van der Waals surface area contributed by atoms with Crippen molar-refractivity contribution in [3.8, 4) is 0 Å². The maximum atomic E-state index is 12.7. The third-order valence-corrected chi connectivity index (χ3v) is 5.33. The zero-order valence-electron chi connectivity index (χ0n) is 16.6. The minimum absolute atomic E-state index is 0.0305. The van der Waals surface area contributed by atoms with Gasteiger partial charge in [-0.3, -0.25) is 14.8 Å². The van der Waals surface area contributed by atoms with E-state index in [2.05, 4.69) is 10.4 Å². The van der Waals surface area contributed by atoms with Gasteiger partial charge < -0.3 is 10.1 Å². The van der Waals surface area contributed by atoms with Crippen LogP contribution in [0, 0.1) is 10.1 Å². The Hall–Kier alpha value is -2.87. The number of aromatic nitrogens is 2. The summed E-state index contributed by atoms with van der Waals surface area (Å²) in [6, 6.07) is 6.36. The number of non-ortho nitro benzene ring substituents is 1. The van der Waals surface area contributed by atoms with Crippen molar-refractivity contribution in [2.75, 3.05) is 18.3 Å². The number of benzene rings is 1. The van der Waals surface area contributed by atoms with E-state index in [0.29, 0.717) is 29.1 Å². The van der Waals surface area contributed by atoms with Gasteiger partial charge in [0.1, 0.15) is 5.82 Å². The number of nitro benzene ring substituents is 1. The van der Waals surface area contributed by atoms with E-state index >= 15 is 0 Å². The highest BCUT2D eigenvalue weighted by molar-refractivity contribution is 6.17. The molecule has 3 rings (SSSR count). The minimum atomic E-state index is -0.515. The predicted molar refractivity (Wildman–Crippen MR) is 110 cm³/mol. The molecule has 0 amide bonds. The molecule has 1 aliphatic rings. The largest absolute Gasteiger partial charge is 0.466 e. The van der Waals surface area contributed by atoms with E-state index in [1.54, 1.807) is 23.7 Å². The van der Waals surface area contributed by atoms with Gasteiger partial charge >= 0.3 is 5.97 Å². The second kappa shape index (κ2) is 8.65. The van der Waals surface area contributed by atoms with Crippen LogP contribution in [0.2, 0.25) is 0 Å². The van der Waals surface area contributed by atoms with Gasteiger partial charge in [-0.05, 0) is 31.7 Å². The molecule has 1 unspecified atom stereocenters. The van der Waals surface area contributed by atoms with Gasteiger partial charge in [-0.15, -0.1) is 11.6 Å². The molecule has 1 aromatic carbocycles. The summed E-state index contributed by atoms with van der Waals surface area (Å²) in [5.74, 6) is 0.340. The number of nitrogens with zero attached hydrogens (tertiary/aromatic N) is 3. The summed E-state index contributed by atoms with van der Waals surface area (Å²) in [7, 11) is 3.16. The number of unbranched alkanes of at least 4 members (excludes halogenated alkanes) is 1. The number of ether oxygens (including phenoxy) is 1. The first kappa shape index (κ1) is 20.9. The lowest BCUT2D eigenvalue weighted by molar-refractivity contribution is -0.384. The fraction of sp³-hybridized carbons (Fsp3) is 0.400. The number of allylic oxidation sites excluding steroid dienone is 1. The van der Waals surface area contributed by atoms with Crippen molar-refractivity contribution in [3.05, 3.63) is 62.5 Å². The molecule has 1 atom stereocenters. The number of rotatable bonds is 7. The molecule has 0 fully saturated rings. The molecule has 8 nitrogen and oxygen atoms in total. The monoisotopic (exact) mass is 418 g/mol. The van der Waals surface area contributed by atoms with Crippen LogP contribution in [0.4, 0.5) is 11.5 Å². The van der Waals surface area contributed by atoms with Gasteiger partial charge in [0.15, 0.2) is 0 Å². The van der Waals surface area contributed by atoms with Gasteiger partial charge in [0.25, 0.3) is 5.69 Å². The highest BCUT2D eigenvalue weighted by atomic mass is 35.5. The highest BCUT2D eigenvalue weighted by Gasteiger charge is 2.37. The molecular formula is C20H23ClN4O4. The Morgan fingerprint density at radius 2 is 2.17 bits per heavy atom. The third kappa shape index (κ3) is 3.98. The van der Waals surface area contributed by atoms with Crippen molar-refractivity contribution in [3.63, 3.8) is 0 Å². The summed E-state index contributed by atoms with van der Waals surface area (Å²) in [6.07, 6.45) is 2.39. The number of nitro groups is 1. The molecule has 0 aliphatic carbocycles. The van der Waals surface area contributed by atoms with E-state index in [4.69, 9.17) is 16.3 Å². The number of halogens is 1. The third-order valence-electron chi connectivity index (χ3n) is 5.06. The van der Waals surface area contributed by atoms with Crippen LogP contribution >= 0.6 is 11.6 Å². The lowest BCUT2D eigenvalue weighted by atomic mass is 9.80. The van der Waals surface area contributed by atoms with E-state index in [0.717, 1.165) is 29.9 Å². The topological polar surface area (TPSA) is 99.3 Å². The number of alkyl halides is 1. The van der Waals surface area contributed by atoms with Crippen molar-refractivity contribution in [2.45, 2.75) is 32.1 Å². The van der Waals surface area contributed by atoms with Gasteiger partial charge in [-0.1, -0.05) is 12.1 Å². The highest BCUT2D eigenvalue weighted by Crippen LogP contribution is 2.44. The molecule has 0 spiro atoms. The van der Waals surface area contributed by atoms with Crippen LogP contribution < -0.4 is 5.32 Å². The first-order valence-electron chi connectivity index (χ1n) is 9.31. The number of nitrogens with one attached hydrogen (secondary N) is 1. The number of hydrogen-bond acceptors (Lipinski definition) is 6. The van der Waals surface area contributed by atoms with Crippen molar-refractivity contribution in [1.82, 2.24) is 9.78 Å². The molecule has 1 aliphatic heterocycles. The van der Waals surface area contributed by atoms with Crippen LogP contribution in [0.3, 0.4) is 0 Å². The molecule has 1 N–H and O–H groups in total. The molecule has 0 saturated heterocycles. The van der Waals surface area contributed by atoms with Crippen LogP contribution in [0.1, 0.15) is 42.5 Å². The zero-order chi connectivity index (χ0) is 21.1. The maximum Gasteiger partial charge on any atom is 0.336 e. The van der Waals surface area contributed by atoms with E-state index in [9.17, 15) is 14.9 Å². The maximum absolute atomic E-state index is 12.7. The Morgan fingerprint density at radius 3 is 2.83 bits per heavy atom. The second-order valence-electron chi connectivity index (χ2n) is 6.92. The first-order valence-corrected chi connectivity index (χ1v) is 9.84. The van der Waals surface area contributed by atoms with Crippen LogP contribution in [0.15, 0.2) is 35.5 Å². The summed E-state index contributed by atoms with van der Waals surface area (Å²) in [6.45, 7) is 1.79. The zero-order valence-corrected chi connectivity index (χ0v) is 17.3. The van der Waals surface area contributed by atoms with Crippen LogP contribution in [0.5, 0.6) is 0 Å². The normalized spacial score (nSPS) is 15.7. The summed E-state index contributed by atoms with van der Waals surface area (Å²) in [5, 5.41) is 19.2. The fourth-order valence-corrected chi connectivity index (χ4v) is 3.95. The lowest BCUT2D eigenvalue weighted by Gasteiger charge is -2.28. The second-order valence-corrected chi connectivity index (χ2v) is 7.30. The van der Waals surface area contributed by atoms with Gasteiger partial charge in [-0.25, -0.2) is 4.79 Å². The van der Waals surface area contributed by atoms with Crippen molar-refractivity contribution in [2.24, 2.45) is 7.05 Å². The van der Waals surface area contributed by atoms with Gasteiger partial charge in [0.2, 0.25) is 0 Å². The number of carbonyl (C=O) groups excluding carboxylic acids is 1. The van der Waals surface area contributed by atoms with Gasteiger partial charge in [0.05, 0.1) is 23.3 Å². The summed E-state index contributed by atoms with van der Waals surface area (Å²) >= 11 is 5.82. The Kier molecular flexibility index (Phi) is 6.22. The summed E-state index contributed by atoms with van der Waals surface area (Å²) < 4.78 is 6.78. The predicted octanol–water partition coefficient (Wildman–Crippen LogP) is 3.89. The van der Waals surface area contributed by atoms with E-state index in [-0.39, 0.29) is 5.69 Å². The fourth-order valence-electron chi connectivity index (χ4n) is 3.76. The van der Waals surface area contributed by atoms with Crippen molar-refractivity contribution < 1.29 is 14.5 Å². The average Bonchev–Trinajstić information content (AvgIpc) is 3.01. The Morgan fingerprint density at radius 1 is 1.41 bits per heavy atom. The van der Waals surface area contributed by atoms with Crippen molar-refractivity contribution in [1.29, 1.82) is 0 Å². The minimum Gasteiger partial charge on any atom is -0.466 e. The first-order chi connectivity index (χ1) is 13.9. The number of anilines is 1. The Balaban J connectivity index is 2.20. The van der Waals surface area contributed by atoms with Crippen molar-refractivity contribution >= 4 is 29.1 Å². The molecule has 2 aromatic rings. The molecule has 9 heteroatoms. The number of fused-ring (bicyclic) bond motifs is 1. The molecule has 0 radical (unpaired) electrons. The van der Waals surface area contributed by atoms with E-state index in [1.165, 1.54) is 19.2 Å². The molecule has 0 saturated carbocycles. The number of methoxy groups -OCH3 is 1. The van der Waals surface area contributed by atoms with E-state index < -0.39 is 16.8 Å². The molecule has 29 heavy (non-hydrogen) atoms. The molecule has 1 aromatic heterocycles. The number of aryl methyl sites for hydroxylation is 2. The standard InChI is InChI=1S/C20H23ClN4O4/c1-12-16(20(26)29-3)17(13-7-6-8-14(11-13)25(27)28)18-15(9-4-5-10-21)23-24(2)19(18)22-12/h6-8,11,17,22H,4-5,9-10H2,1-3H3. The lowest BCUT2D eigenvalue weighted by Crippen LogP contribution is -2.24. The molecule has 154 valence electrons. The molecular weight excluding hydrogens is 396 g/mol. The SMILES string of the molecule is COC(=O)C1=C(C)Nc2c(c(CCCCCl)nn2C)C1c1cccc([N+](=O)[O-])c1. The quantitative estimate of drug-likeness (QED) is 0.241. The number of hydrogen-bond donors (Lipinski definition) is 1. The summed E-state index contributed by atoms with van der Waals surface area (Å²) in [5.41, 5.74) is 3.35. The smallest absolute Gasteiger partial charge is 0.336 e. The Bertz CT molecular complexity index is 983. The van der Waals surface area contributed by atoms with E-state index in [1.807, 2.05) is 7.05 Å². The van der Waals surface area contributed by atoms with Gasteiger partial charge in [0, 0.05) is 42.2 Å².